The van der Waals surface area contributed by atoms with Crippen molar-refractivity contribution in [1.29, 1.82) is 0 Å². The van der Waals surface area contributed by atoms with Crippen molar-refractivity contribution >= 4 is 5.91 Å². The Hall–Kier alpha value is -2.96. The molecule has 3 aromatic rings. The minimum absolute atomic E-state index is 0.165. The molecule has 2 heterocycles. The van der Waals surface area contributed by atoms with Crippen LogP contribution in [0.15, 0.2) is 35.0 Å². The monoisotopic (exact) mass is 311 g/mol. The van der Waals surface area contributed by atoms with E-state index in [9.17, 15) is 4.79 Å². The van der Waals surface area contributed by atoms with Gasteiger partial charge in [0, 0.05) is 18.1 Å². The molecule has 0 aliphatic carbocycles. The molecular weight excluding hydrogens is 294 g/mol. The molecule has 1 atom stereocenters. The number of nitrogens with one attached hydrogen (secondary N) is 2. The largest absolute Gasteiger partial charge is 0.446 e. The fourth-order valence-corrected chi connectivity index (χ4v) is 2.42. The fourth-order valence-electron chi connectivity index (χ4n) is 2.42. The Labute approximate surface area is 133 Å². The SMILES string of the molecule is Cc1nc(C(C)NC(=O)c2ccc(-c3ncn[nH]3)cc2)c(C)o1. The summed E-state index contributed by atoms with van der Waals surface area (Å²) < 4.78 is 5.40. The number of carbonyl (C=O) groups is 1. The molecular formula is C16H17N5O2. The Bertz CT molecular complexity index is 806. The summed E-state index contributed by atoms with van der Waals surface area (Å²) in [5.41, 5.74) is 2.18. The van der Waals surface area contributed by atoms with Crippen LogP contribution in [-0.2, 0) is 0 Å². The number of H-pyrrole nitrogens is 1. The molecule has 0 saturated heterocycles. The zero-order valence-corrected chi connectivity index (χ0v) is 13.1. The van der Waals surface area contributed by atoms with Gasteiger partial charge in [-0.3, -0.25) is 9.89 Å². The molecule has 0 fully saturated rings. The van der Waals surface area contributed by atoms with Gasteiger partial charge in [0.25, 0.3) is 5.91 Å². The van der Waals surface area contributed by atoms with Crippen molar-refractivity contribution in [3.05, 3.63) is 53.5 Å². The van der Waals surface area contributed by atoms with Crippen LogP contribution >= 0.6 is 0 Å². The predicted octanol–water partition coefficient (Wildman–Crippen LogP) is 2.57. The summed E-state index contributed by atoms with van der Waals surface area (Å²) in [4.78, 5) is 20.7. The lowest BCUT2D eigenvalue weighted by Crippen LogP contribution is -2.27. The van der Waals surface area contributed by atoms with Gasteiger partial charge < -0.3 is 9.73 Å². The van der Waals surface area contributed by atoms with Gasteiger partial charge in [0.2, 0.25) is 0 Å². The number of amides is 1. The quantitative estimate of drug-likeness (QED) is 0.772. The number of oxazole rings is 1. The van der Waals surface area contributed by atoms with Crippen molar-refractivity contribution in [3.8, 4) is 11.4 Å². The molecule has 0 spiro atoms. The molecule has 0 aliphatic rings. The zero-order chi connectivity index (χ0) is 16.4. The third-order valence-electron chi connectivity index (χ3n) is 3.53. The van der Waals surface area contributed by atoms with Crippen molar-refractivity contribution < 1.29 is 9.21 Å². The Kier molecular flexibility index (Phi) is 3.92. The van der Waals surface area contributed by atoms with Crippen molar-refractivity contribution in [2.75, 3.05) is 0 Å². The second-order valence-corrected chi connectivity index (χ2v) is 5.28. The summed E-state index contributed by atoms with van der Waals surface area (Å²) in [7, 11) is 0. The average Bonchev–Trinajstić information content (AvgIpc) is 3.17. The van der Waals surface area contributed by atoms with Gasteiger partial charge in [-0.1, -0.05) is 12.1 Å². The second kappa shape index (κ2) is 6.04. The van der Waals surface area contributed by atoms with Crippen LogP contribution in [-0.4, -0.2) is 26.1 Å². The van der Waals surface area contributed by atoms with Crippen molar-refractivity contribution in [2.24, 2.45) is 0 Å². The lowest BCUT2D eigenvalue weighted by Gasteiger charge is -2.12. The first-order valence-corrected chi connectivity index (χ1v) is 7.25. The van der Waals surface area contributed by atoms with Gasteiger partial charge in [-0.15, -0.1) is 0 Å². The molecule has 7 heteroatoms. The number of carbonyl (C=O) groups excluding carboxylic acids is 1. The van der Waals surface area contributed by atoms with Gasteiger partial charge in [-0.2, -0.15) is 5.10 Å². The first-order valence-electron chi connectivity index (χ1n) is 7.25. The normalized spacial score (nSPS) is 12.1. The van der Waals surface area contributed by atoms with E-state index >= 15 is 0 Å². The highest BCUT2D eigenvalue weighted by Crippen LogP contribution is 2.19. The summed E-state index contributed by atoms with van der Waals surface area (Å²) >= 11 is 0. The minimum atomic E-state index is -0.228. The van der Waals surface area contributed by atoms with E-state index in [1.807, 2.05) is 26.0 Å². The molecule has 23 heavy (non-hydrogen) atoms. The highest BCUT2D eigenvalue weighted by molar-refractivity contribution is 5.94. The van der Waals surface area contributed by atoms with E-state index in [1.54, 1.807) is 19.1 Å². The number of aryl methyl sites for hydroxylation is 2. The van der Waals surface area contributed by atoms with Crippen molar-refractivity contribution in [2.45, 2.75) is 26.8 Å². The summed E-state index contributed by atoms with van der Waals surface area (Å²) in [5.74, 6) is 1.81. The lowest BCUT2D eigenvalue weighted by atomic mass is 10.1. The molecule has 1 unspecified atom stereocenters. The van der Waals surface area contributed by atoms with Crippen LogP contribution in [0.5, 0.6) is 0 Å². The van der Waals surface area contributed by atoms with E-state index in [0.29, 0.717) is 17.3 Å². The smallest absolute Gasteiger partial charge is 0.251 e. The molecule has 118 valence electrons. The number of nitrogens with zero attached hydrogens (tertiary/aromatic N) is 3. The predicted molar refractivity (Wildman–Crippen MR) is 83.7 cm³/mol. The van der Waals surface area contributed by atoms with E-state index in [1.165, 1.54) is 6.33 Å². The van der Waals surface area contributed by atoms with Crippen molar-refractivity contribution in [1.82, 2.24) is 25.5 Å². The van der Waals surface area contributed by atoms with Gasteiger partial charge in [0.05, 0.1) is 6.04 Å². The number of hydrogen-bond acceptors (Lipinski definition) is 5. The summed E-state index contributed by atoms with van der Waals surface area (Å²) in [5, 5.41) is 9.52. The average molecular weight is 311 g/mol. The van der Waals surface area contributed by atoms with Crippen LogP contribution in [0, 0.1) is 13.8 Å². The third kappa shape index (κ3) is 3.13. The molecule has 0 radical (unpaired) electrons. The number of aromatic nitrogens is 4. The van der Waals surface area contributed by atoms with Gasteiger partial charge in [-0.25, -0.2) is 9.97 Å². The van der Waals surface area contributed by atoms with Crippen LogP contribution < -0.4 is 5.32 Å². The van der Waals surface area contributed by atoms with Gasteiger partial charge in [-0.05, 0) is 26.0 Å². The van der Waals surface area contributed by atoms with Crippen LogP contribution in [0.2, 0.25) is 0 Å². The maximum Gasteiger partial charge on any atom is 0.251 e. The Morgan fingerprint density at radius 2 is 2.00 bits per heavy atom. The highest BCUT2D eigenvalue weighted by atomic mass is 16.4. The number of hydrogen-bond donors (Lipinski definition) is 2. The van der Waals surface area contributed by atoms with E-state index in [4.69, 9.17) is 4.42 Å². The topological polar surface area (TPSA) is 96.7 Å². The maximum absolute atomic E-state index is 12.3. The molecule has 2 N–H and O–H groups in total. The highest BCUT2D eigenvalue weighted by Gasteiger charge is 2.17. The number of rotatable bonds is 4. The van der Waals surface area contributed by atoms with Gasteiger partial charge >= 0.3 is 0 Å². The number of benzene rings is 1. The Morgan fingerprint density at radius 1 is 1.26 bits per heavy atom. The first kappa shape index (κ1) is 15.0. The van der Waals surface area contributed by atoms with Crippen LogP contribution in [0.4, 0.5) is 0 Å². The lowest BCUT2D eigenvalue weighted by molar-refractivity contribution is 0.0939. The molecule has 2 aromatic heterocycles. The molecule has 1 amide bonds. The second-order valence-electron chi connectivity index (χ2n) is 5.28. The standard InChI is InChI=1S/C16H17N5O2/c1-9(14-10(2)23-11(3)20-14)19-16(22)13-6-4-12(5-7-13)15-17-8-18-21-15/h4-9H,1-3H3,(H,19,22)(H,17,18,21). The Morgan fingerprint density at radius 3 is 2.57 bits per heavy atom. The molecule has 0 saturated carbocycles. The van der Waals surface area contributed by atoms with Crippen LogP contribution in [0.3, 0.4) is 0 Å². The molecule has 1 aromatic carbocycles. The third-order valence-corrected chi connectivity index (χ3v) is 3.53. The van der Waals surface area contributed by atoms with Crippen LogP contribution in [0.1, 0.15) is 40.7 Å². The summed E-state index contributed by atoms with van der Waals surface area (Å²) in [6.45, 7) is 5.50. The van der Waals surface area contributed by atoms with E-state index < -0.39 is 0 Å². The molecule has 0 bridgehead atoms. The molecule has 0 aliphatic heterocycles. The van der Waals surface area contributed by atoms with E-state index in [0.717, 1.165) is 17.0 Å². The first-order chi connectivity index (χ1) is 11.0. The van der Waals surface area contributed by atoms with Crippen molar-refractivity contribution in [3.63, 3.8) is 0 Å². The van der Waals surface area contributed by atoms with E-state index in [2.05, 4.69) is 25.5 Å². The zero-order valence-electron chi connectivity index (χ0n) is 13.1. The molecule has 3 rings (SSSR count). The summed E-state index contributed by atoms with van der Waals surface area (Å²) in [6.07, 6.45) is 1.44. The van der Waals surface area contributed by atoms with Gasteiger partial charge in [0.1, 0.15) is 17.8 Å². The maximum atomic E-state index is 12.3. The fraction of sp³-hybridized carbons (Fsp3) is 0.250. The van der Waals surface area contributed by atoms with Gasteiger partial charge in [0.15, 0.2) is 11.7 Å². The van der Waals surface area contributed by atoms with E-state index in [-0.39, 0.29) is 11.9 Å². The Balaban J connectivity index is 1.72. The van der Waals surface area contributed by atoms with Crippen LogP contribution in [0.25, 0.3) is 11.4 Å². The molecule has 7 nitrogen and oxygen atoms in total. The summed E-state index contributed by atoms with van der Waals surface area (Å²) in [6, 6.07) is 6.92. The minimum Gasteiger partial charge on any atom is -0.446 e. The number of aromatic amines is 1.